The zero-order chi connectivity index (χ0) is 38.4. The Hall–Kier alpha value is -4.97. The predicted octanol–water partition coefficient (Wildman–Crippen LogP) is 10.6. The fourth-order valence-corrected chi connectivity index (χ4v) is 5.99. The van der Waals surface area contributed by atoms with Gasteiger partial charge in [-0.15, -0.1) is 58.7 Å². The second-order valence-electron chi connectivity index (χ2n) is 12.2. The molecule has 0 fully saturated rings. The first kappa shape index (κ1) is 26.9. The maximum absolute atomic E-state index is 7.28. The summed E-state index contributed by atoms with van der Waals surface area (Å²) in [5.74, 6) is 1.43. The number of benzene rings is 4. The molecule has 4 aromatic heterocycles. The van der Waals surface area contributed by atoms with Crippen molar-refractivity contribution in [3.63, 3.8) is 0 Å². The Bertz CT molecular complexity index is 2510. The summed E-state index contributed by atoms with van der Waals surface area (Å²) in [6, 6.07) is 34.5. The molecule has 0 amide bonds. The molecule has 49 heavy (non-hydrogen) atoms. The monoisotopic (exact) mass is 826 g/mol. The Morgan fingerprint density at radius 1 is 0.796 bits per heavy atom. The summed E-state index contributed by atoms with van der Waals surface area (Å²) in [4.78, 5) is 9.05. The molecule has 8 rings (SSSR count). The molecule has 4 aromatic carbocycles. The van der Waals surface area contributed by atoms with Gasteiger partial charge in [0.1, 0.15) is 5.58 Å². The average Bonchev–Trinajstić information content (AvgIpc) is 3.73. The van der Waals surface area contributed by atoms with Crippen LogP contribution in [0.2, 0.25) is 0 Å². The molecule has 0 atom stereocenters. The average molecular weight is 826 g/mol. The number of hydrogen-bond donors (Lipinski definition) is 0. The van der Waals surface area contributed by atoms with Crippen molar-refractivity contribution in [3.05, 3.63) is 138 Å². The summed E-state index contributed by atoms with van der Waals surface area (Å²) in [6.45, 7) is 4.58. The van der Waals surface area contributed by atoms with Crippen LogP contribution in [0.5, 0.6) is 0 Å². The van der Waals surface area contributed by atoms with Gasteiger partial charge in [0.15, 0.2) is 5.65 Å². The molecule has 8 aromatic rings. The molecule has 0 aliphatic carbocycles. The Morgan fingerprint density at radius 2 is 1.57 bits per heavy atom. The van der Waals surface area contributed by atoms with Crippen LogP contribution in [-0.4, -0.2) is 24.7 Å². The second kappa shape index (κ2) is 14.3. The molecule has 7 heteroatoms. The standard InChI is InChI=1S/C29H25N4O.C13H12N.Ir/c1-17(2)19-10-7-11-20(18(3)4)26(19)33-24-15-16-30-32-28(24)31-29(33)23-13-8-12-22-21-9-5-6-14-25(21)34-27(22)23;1-10-3-6-12(7-4-10)13-8-5-11(2)9-14-13;/h5-12,14-18H,1-4H3;3-6,8-9H,1-2H3;/q2*-1;/i;1D3,2D3;. The van der Waals surface area contributed by atoms with Gasteiger partial charge < -0.3 is 14.0 Å². The van der Waals surface area contributed by atoms with E-state index in [-0.39, 0.29) is 31.2 Å². The van der Waals surface area contributed by atoms with E-state index in [9.17, 15) is 0 Å². The van der Waals surface area contributed by atoms with E-state index in [1.807, 2.05) is 30.3 Å². The third-order valence-corrected chi connectivity index (χ3v) is 8.33. The molecule has 0 N–H and O–H groups in total. The van der Waals surface area contributed by atoms with Gasteiger partial charge in [0.25, 0.3) is 0 Å². The van der Waals surface area contributed by atoms with Crippen molar-refractivity contribution in [2.45, 2.75) is 53.2 Å². The molecule has 6 nitrogen and oxygen atoms in total. The Balaban J connectivity index is 0.000000211. The number of nitrogens with zero attached hydrogens (tertiary/aromatic N) is 5. The topological polar surface area (TPSA) is 69.6 Å². The van der Waals surface area contributed by atoms with Crippen LogP contribution in [0, 0.1) is 25.8 Å². The first-order chi connectivity index (χ1) is 25.7. The Morgan fingerprint density at radius 3 is 2.27 bits per heavy atom. The van der Waals surface area contributed by atoms with Crippen molar-refractivity contribution in [1.29, 1.82) is 0 Å². The summed E-state index contributed by atoms with van der Waals surface area (Å²) < 4.78 is 52.2. The van der Waals surface area contributed by atoms with Crippen LogP contribution < -0.4 is 0 Å². The number of pyridine rings is 1. The van der Waals surface area contributed by atoms with Gasteiger partial charge >= 0.3 is 0 Å². The van der Waals surface area contributed by atoms with E-state index in [0.29, 0.717) is 28.7 Å². The smallest absolute Gasteiger partial charge is 0.190 e. The van der Waals surface area contributed by atoms with Crippen LogP contribution in [0.4, 0.5) is 0 Å². The fraction of sp³-hybridized carbons (Fsp3) is 0.190. The van der Waals surface area contributed by atoms with E-state index >= 15 is 0 Å². The van der Waals surface area contributed by atoms with Crippen LogP contribution in [0.15, 0.2) is 108 Å². The zero-order valence-corrected chi connectivity index (χ0v) is 29.8. The molecule has 0 aliphatic heterocycles. The van der Waals surface area contributed by atoms with Crippen molar-refractivity contribution < 1.29 is 32.7 Å². The van der Waals surface area contributed by atoms with Crippen molar-refractivity contribution in [3.8, 4) is 28.3 Å². The summed E-state index contributed by atoms with van der Waals surface area (Å²) in [6.07, 6.45) is 3.02. The van der Waals surface area contributed by atoms with E-state index in [2.05, 4.69) is 89.9 Å². The SMILES string of the molecule is CC(C)c1cccc(C(C)C)c1-n1c(-c2[c-]ccc3c2oc2ccccc23)nc2nnccc21.[2H]C([2H])([2H])c1c[c-]c(-c2ccc(C([2H])([2H])[2H])cn2)cc1.[Ir]. The molecule has 4 heterocycles. The number of imidazole rings is 1. The molecule has 247 valence electrons. The van der Waals surface area contributed by atoms with E-state index < -0.39 is 13.7 Å². The third kappa shape index (κ3) is 6.57. The van der Waals surface area contributed by atoms with Crippen LogP contribution >= 0.6 is 0 Å². The molecule has 0 unspecified atom stereocenters. The normalized spacial score (nSPS) is 13.6. The van der Waals surface area contributed by atoms with Crippen molar-refractivity contribution in [1.82, 2.24) is 24.7 Å². The number of furan rings is 1. The second-order valence-corrected chi connectivity index (χ2v) is 12.2. The zero-order valence-electron chi connectivity index (χ0n) is 33.4. The predicted molar refractivity (Wildman–Crippen MR) is 194 cm³/mol. The minimum Gasteiger partial charge on any atom is -0.501 e. The molecule has 0 bridgehead atoms. The summed E-state index contributed by atoms with van der Waals surface area (Å²) in [7, 11) is 0. The van der Waals surface area contributed by atoms with Gasteiger partial charge in [-0.05, 0) is 53.2 Å². The quantitative estimate of drug-likeness (QED) is 0.162. The van der Waals surface area contributed by atoms with Gasteiger partial charge in [-0.1, -0.05) is 94.0 Å². The van der Waals surface area contributed by atoms with Crippen molar-refractivity contribution in [2.24, 2.45) is 0 Å². The van der Waals surface area contributed by atoms with Gasteiger partial charge in [-0.3, -0.25) is 4.98 Å². The summed E-state index contributed by atoms with van der Waals surface area (Å²) in [5.41, 5.74) is 9.20. The van der Waals surface area contributed by atoms with Crippen molar-refractivity contribution in [2.75, 3.05) is 0 Å². The van der Waals surface area contributed by atoms with E-state index in [4.69, 9.17) is 17.6 Å². The first-order valence-electron chi connectivity index (χ1n) is 18.9. The van der Waals surface area contributed by atoms with Gasteiger partial charge in [0.05, 0.1) is 23.1 Å². The number of fused-ring (bicyclic) bond motifs is 4. The molecular formula is C42H37IrN5O-2. The number of para-hydroxylation sites is 2. The largest absolute Gasteiger partial charge is 0.501 e. The Kier molecular flexibility index (Phi) is 7.83. The van der Waals surface area contributed by atoms with E-state index in [0.717, 1.165) is 44.5 Å². The molecular weight excluding hydrogens is 783 g/mol. The molecule has 0 saturated carbocycles. The van der Waals surface area contributed by atoms with Crippen LogP contribution in [0.25, 0.3) is 61.4 Å². The van der Waals surface area contributed by atoms with Crippen LogP contribution in [0.1, 0.15) is 70.0 Å². The summed E-state index contributed by atoms with van der Waals surface area (Å²) in [5, 5.41) is 10.6. The molecule has 1 radical (unpaired) electrons. The molecule has 0 spiro atoms. The number of aromatic nitrogens is 5. The van der Waals surface area contributed by atoms with Gasteiger partial charge in [0.2, 0.25) is 0 Å². The van der Waals surface area contributed by atoms with Gasteiger partial charge in [0, 0.05) is 45.6 Å². The maximum Gasteiger partial charge on any atom is 0.190 e. The number of rotatable bonds is 5. The minimum absolute atomic E-state index is 0. The van der Waals surface area contributed by atoms with E-state index in [1.54, 1.807) is 18.3 Å². The Labute approximate surface area is 309 Å². The third-order valence-electron chi connectivity index (χ3n) is 8.33. The number of hydrogen-bond acceptors (Lipinski definition) is 5. The van der Waals surface area contributed by atoms with Crippen LogP contribution in [0.3, 0.4) is 0 Å². The maximum atomic E-state index is 7.28. The summed E-state index contributed by atoms with van der Waals surface area (Å²) >= 11 is 0. The van der Waals surface area contributed by atoms with Gasteiger partial charge in [-0.25, -0.2) is 0 Å². The van der Waals surface area contributed by atoms with Gasteiger partial charge in [-0.2, -0.15) is 5.10 Å². The fourth-order valence-electron chi connectivity index (χ4n) is 5.99. The molecule has 0 aliphatic rings. The van der Waals surface area contributed by atoms with E-state index in [1.165, 1.54) is 35.5 Å². The molecule has 0 saturated heterocycles. The minimum atomic E-state index is -2.18. The van der Waals surface area contributed by atoms with Crippen molar-refractivity contribution >= 4 is 33.1 Å². The first-order valence-corrected chi connectivity index (χ1v) is 15.9. The number of aryl methyl sites for hydroxylation is 2. The van der Waals surface area contributed by atoms with Crippen LogP contribution in [-0.2, 0) is 20.1 Å².